The van der Waals surface area contributed by atoms with Gasteiger partial charge < -0.3 is 18.3 Å². The Labute approximate surface area is 153 Å². The number of fused-ring (bicyclic) bond motifs is 1. The molecular weight excluding hydrogens is 354 g/mol. The molecule has 8 heteroatoms. The lowest BCUT2D eigenvalue weighted by molar-refractivity contribution is 0.355. The molecule has 0 saturated carbocycles. The third-order valence-electron chi connectivity index (χ3n) is 3.69. The van der Waals surface area contributed by atoms with Gasteiger partial charge in [0.1, 0.15) is 5.52 Å². The molecule has 0 bridgehead atoms. The summed E-state index contributed by atoms with van der Waals surface area (Å²) >= 11 is 1.40. The van der Waals surface area contributed by atoms with Crippen molar-refractivity contribution < 1.29 is 18.3 Å². The molecule has 2 aromatic heterocycles. The zero-order valence-electron chi connectivity index (χ0n) is 14.1. The Kier molecular flexibility index (Phi) is 4.49. The first-order chi connectivity index (χ1) is 12.8. The van der Waals surface area contributed by atoms with Crippen LogP contribution in [0.25, 0.3) is 22.6 Å². The molecule has 132 valence electrons. The van der Waals surface area contributed by atoms with E-state index < -0.39 is 0 Å². The Bertz CT molecular complexity index is 1010. The van der Waals surface area contributed by atoms with Crippen LogP contribution < -0.4 is 9.47 Å². The van der Waals surface area contributed by atoms with Gasteiger partial charge in [-0.2, -0.15) is 0 Å². The molecule has 0 unspecified atom stereocenters. The highest BCUT2D eigenvalue weighted by molar-refractivity contribution is 7.98. The van der Waals surface area contributed by atoms with Crippen LogP contribution in [0.4, 0.5) is 0 Å². The van der Waals surface area contributed by atoms with E-state index in [0.717, 1.165) is 16.7 Å². The number of ether oxygens (including phenoxy) is 2. The number of methoxy groups -OCH3 is 2. The van der Waals surface area contributed by atoms with E-state index in [0.29, 0.717) is 34.3 Å². The van der Waals surface area contributed by atoms with Gasteiger partial charge in [0.05, 0.1) is 20.0 Å². The monoisotopic (exact) mass is 369 g/mol. The van der Waals surface area contributed by atoms with Crippen molar-refractivity contribution in [2.75, 3.05) is 14.2 Å². The summed E-state index contributed by atoms with van der Waals surface area (Å²) in [5, 5.41) is 8.74. The number of hydrogen-bond donors (Lipinski definition) is 0. The third-order valence-corrected chi connectivity index (χ3v) is 4.50. The van der Waals surface area contributed by atoms with Crippen molar-refractivity contribution >= 4 is 22.9 Å². The SMILES string of the molecule is COc1ccc(-c2nnc(CSc3nc4ccccc4o3)o2)cc1OC. The fourth-order valence-corrected chi connectivity index (χ4v) is 3.11. The van der Waals surface area contributed by atoms with E-state index in [1.54, 1.807) is 26.4 Å². The highest BCUT2D eigenvalue weighted by atomic mass is 32.2. The molecular formula is C18H15N3O4S. The molecule has 4 aromatic rings. The summed E-state index contributed by atoms with van der Waals surface area (Å²) < 4.78 is 21.9. The predicted molar refractivity (Wildman–Crippen MR) is 96.4 cm³/mol. The van der Waals surface area contributed by atoms with E-state index >= 15 is 0 Å². The first-order valence-electron chi connectivity index (χ1n) is 7.80. The third kappa shape index (κ3) is 3.23. The minimum Gasteiger partial charge on any atom is -0.493 e. The van der Waals surface area contributed by atoms with Crippen molar-refractivity contribution in [2.45, 2.75) is 11.0 Å². The quantitative estimate of drug-likeness (QED) is 0.468. The maximum Gasteiger partial charge on any atom is 0.257 e. The number of rotatable bonds is 6. The van der Waals surface area contributed by atoms with E-state index in [4.69, 9.17) is 18.3 Å². The van der Waals surface area contributed by atoms with Gasteiger partial charge in [-0.25, -0.2) is 4.98 Å². The van der Waals surface area contributed by atoms with Gasteiger partial charge in [-0.05, 0) is 30.3 Å². The standard InChI is InChI=1S/C18H15N3O4S/c1-22-14-8-7-11(9-15(14)23-2)17-21-20-16(25-17)10-26-18-19-12-5-3-4-6-13(12)24-18/h3-9H,10H2,1-2H3. The van der Waals surface area contributed by atoms with Crippen LogP contribution in [0.1, 0.15) is 5.89 Å². The number of benzene rings is 2. The average Bonchev–Trinajstić information content (AvgIpc) is 3.32. The van der Waals surface area contributed by atoms with Crippen LogP contribution in [0.2, 0.25) is 0 Å². The molecule has 0 N–H and O–H groups in total. The first-order valence-corrected chi connectivity index (χ1v) is 8.78. The molecule has 0 amide bonds. The van der Waals surface area contributed by atoms with Gasteiger partial charge in [0.15, 0.2) is 17.1 Å². The van der Waals surface area contributed by atoms with E-state index in [1.165, 1.54) is 11.8 Å². The van der Waals surface area contributed by atoms with Crippen LogP contribution in [0.15, 0.2) is 56.5 Å². The average molecular weight is 369 g/mol. The number of para-hydroxylation sites is 2. The van der Waals surface area contributed by atoms with Crippen LogP contribution in [-0.2, 0) is 5.75 Å². The Hall–Kier alpha value is -3.00. The van der Waals surface area contributed by atoms with Crippen LogP contribution >= 0.6 is 11.8 Å². The van der Waals surface area contributed by atoms with Gasteiger partial charge in [-0.15, -0.1) is 10.2 Å². The molecule has 26 heavy (non-hydrogen) atoms. The van der Waals surface area contributed by atoms with E-state index in [1.807, 2.05) is 30.3 Å². The molecule has 0 saturated heterocycles. The maximum absolute atomic E-state index is 5.73. The van der Waals surface area contributed by atoms with Gasteiger partial charge in [0, 0.05) is 5.56 Å². The topological polar surface area (TPSA) is 83.4 Å². The minimum atomic E-state index is 0.416. The number of aromatic nitrogens is 3. The van der Waals surface area contributed by atoms with E-state index in [-0.39, 0.29) is 0 Å². The molecule has 0 aliphatic carbocycles. The van der Waals surface area contributed by atoms with Crippen molar-refractivity contribution in [1.82, 2.24) is 15.2 Å². The molecule has 0 aliphatic rings. The number of hydrogen-bond acceptors (Lipinski definition) is 8. The molecule has 7 nitrogen and oxygen atoms in total. The molecule has 2 heterocycles. The van der Waals surface area contributed by atoms with Gasteiger partial charge in [-0.1, -0.05) is 23.9 Å². The largest absolute Gasteiger partial charge is 0.493 e. The highest BCUT2D eigenvalue weighted by Crippen LogP contribution is 2.32. The van der Waals surface area contributed by atoms with Crippen molar-refractivity contribution in [3.05, 3.63) is 48.4 Å². The Morgan fingerprint density at radius 2 is 1.81 bits per heavy atom. The lowest BCUT2D eigenvalue weighted by Gasteiger charge is -2.07. The lowest BCUT2D eigenvalue weighted by atomic mass is 10.2. The second-order valence-electron chi connectivity index (χ2n) is 5.31. The maximum atomic E-state index is 5.73. The Balaban J connectivity index is 1.49. The first kappa shape index (κ1) is 16.5. The van der Waals surface area contributed by atoms with Crippen molar-refractivity contribution in [1.29, 1.82) is 0 Å². The lowest BCUT2D eigenvalue weighted by Crippen LogP contribution is -1.90. The summed E-state index contributed by atoms with van der Waals surface area (Å²) in [6.45, 7) is 0. The zero-order valence-corrected chi connectivity index (χ0v) is 14.9. The summed E-state index contributed by atoms with van der Waals surface area (Å²) in [7, 11) is 3.17. The van der Waals surface area contributed by atoms with Crippen molar-refractivity contribution in [2.24, 2.45) is 0 Å². The van der Waals surface area contributed by atoms with Crippen LogP contribution in [0.5, 0.6) is 11.5 Å². The predicted octanol–water partition coefficient (Wildman–Crippen LogP) is 4.19. The van der Waals surface area contributed by atoms with E-state index in [9.17, 15) is 0 Å². The van der Waals surface area contributed by atoms with Gasteiger partial charge in [0.2, 0.25) is 11.8 Å². The van der Waals surface area contributed by atoms with Crippen molar-refractivity contribution in [3.8, 4) is 23.0 Å². The molecule has 0 aliphatic heterocycles. The summed E-state index contributed by atoms with van der Waals surface area (Å²) in [4.78, 5) is 4.41. The highest BCUT2D eigenvalue weighted by Gasteiger charge is 2.14. The molecule has 0 spiro atoms. The van der Waals surface area contributed by atoms with Gasteiger partial charge in [0.25, 0.3) is 5.22 Å². The molecule has 0 radical (unpaired) electrons. The van der Waals surface area contributed by atoms with Crippen LogP contribution in [-0.4, -0.2) is 29.4 Å². The van der Waals surface area contributed by atoms with Crippen molar-refractivity contribution in [3.63, 3.8) is 0 Å². The minimum absolute atomic E-state index is 0.416. The number of thioether (sulfide) groups is 1. The van der Waals surface area contributed by atoms with Crippen LogP contribution in [0.3, 0.4) is 0 Å². The Morgan fingerprint density at radius 3 is 2.62 bits per heavy atom. The summed E-state index contributed by atoms with van der Waals surface area (Å²) in [5.74, 6) is 2.61. The van der Waals surface area contributed by atoms with Gasteiger partial charge >= 0.3 is 0 Å². The summed E-state index contributed by atoms with van der Waals surface area (Å²) in [6.07, 6.45) is 0. The summed E-state index contributed by atoms with van der Waals surface area (Å²) in [5.41, 5.74) is 2.34. The Morgan fingerprint density at radius 1 is 0.962 bits per heavy atom. The number of oxazole rings is 1. The summed E-state index contributed by atoms with van der Waals surface area (Å²) in [6, 6.07) is 13.1. The van der Waals surface area contributed by atoms with Crippen LogP contribution in [0, 0.1) is 0 Å². The normalized spacial score (nSPS) is 11.0. The number of nitrogens with zero attached hydrogens (tertiary/aromatic N) is 3. The smallest absolute Gasteiger partial charge is 0.257 e. The fourth-order valence-electron chi connectivity index (χ4n) is 2.43. The second kappa shape index (κ2) is 7.09. The van der Waals surface area contributed by atoms with E-state index in [2.05, 4.69) is 15.2 Å². The molecule has 4 rings (SSSR count). The fraction of sp³-hybridized carbons (Fsp3) is 0.167. The molecule has 0 atom stereocenters. The molecule has 2 aromatic carbocycles. The second-order valence-corrected chi connectivity index (χ2v) is 6.23. The van der Waals surface area contributed by atoms with Gasteiger partial charge in [-0.3, -0.25) is 0 Å². The zero-order chi connectivity index (χ0) is 17.9. The molecule has 0 fully saturated rings.